The van der Waals surface area contributed by atoms with Crippen LogP contribution in [-0.2, 0) is 13.0 Å². The first-order valence-corrected chi connectivity index (χ1v) is 8.34. The maximum atomic E-state index is 11.2. The molecule has 0 unspecified atom stereocenters. The number of aldehydes is 1. The lowest BCUT2D eigenvalue weighted by Crippen LogP contribution is -2.02. The standard InChI is InChI=1S/C18H20O2S/c1-3-7-16-17(11-10-15(12-19)18(16)21-2)20-13-14-8-5-4-6-9-14/h4-6,8-12H,3,7,13H2,1-2H3. The van der Waals surface area contributed by atoms with Gasteiger partial charge in [-0.25, -0.2) is 0 Å². The Morgan fingerprint density at radius 1 is 1.14 bits per heavy atom. The van der Waals surface area contributed by atoms with Crippen LogP contribution in [0.25, 0.3) is 0 Å². The van der Waals surface area contributed by atoms with Crippen LogP contribution in [0.2, 0.25) is 0 Å². The van der Waals surface area contributed by atoms with E-state index in [0.717, 1.165) is 46.5 Å². The van der Waals surface area contributed by atoms with Crippen LogP contribution in [0, 0.1) is 0 Å². The van der Waals surface area contributed by atoms with Crippen molar-refractivity contribution in [1.82, 2.24) is 0 Å². The van der Waals surface area contributed by atoms with E-state index >= 15 is 0 Å². The van der Waals surface area contributed by atoms with E-state index in [9.17, 15) is 4.79 Å². The van der Waals surface area contributed by atoms with Crippen molar-refractivity contribution in [2.24, 2.45) is 0 Å². The number of carbonyl (C=O) groups excluding carboxylic acids is 1. The van der Waals surface area contributed by atoms with Gasteiger partial charge in [0.15, 0.2) is 6.29 Å². The third kappa shape index (κ3) is 3.88. The molecule has 2 rings (SSSR count). The van der Waals surface area contributed by atoms with Gasteiger partial charge in [-0.3, -0.25) is 4.79 Å². The zero-order chi connectivity index (χ0) is 15.1. The molecule has 0 N–H and O–H groups in total. The molecule has 110 valence electrons. The van der Waals surface area contributed by atoms with Gasteiger partial charge in [0.1, 0.15) is 12.4 Å². The average molecular weight is 300 g/mol. The van der Waals surface area contributed by atoms with Crippen LogP contribution in [-0.4, -0.2) is 12.5 Å². The number of thioether (sulfide) groups is 1. The van der Waals surface area contributed by atoms with Crippen molar-refractivity contribution >= 4 is 18.0 Å². The Morgan fingerprint density at radius 2 is 1.90 bits per heavy atom. The van der Waals surface area contributed by atoms with Crippen molar-refractivity contribution in [3.63, 3.8) is 0 Å². The monoisotopic (exact) mass is 300 g/mol. The SMILES string of the molecule is CCCc1c(OCc2ccccc2)ccc(C=O)c1SC. The number of rotatable bonds is 7. The van der Waals surface area contributed by atoms with E-state index in [1.54, 1.807) is 11.8 Å². The van der Waals surface area contributed by atoms with E-state index in [-0.39, 0.29) is 0 Å². The Bertz CT molecular complexity index is 594. The zero-order valence-corrected chi connectivity index (χ0v) is 13.3. The van der Waals surface area contributed by atoms with Crippen LogP contribution in [0.5, 0.6) is 5.75 Å². The average Bonchev–Trinajstić information content (AvgIpc) is 2.54. The summed E-state index contributed by atoms with van der Waals surface area (Å²) in [5.41, 5.74) is 3.04. The predicted molar refractivity (Wildman–Crippen MR) is 88.4 cm³/mol. The molecule has 0 aromatic heterocycles. The third-order valence-corrected chi connectivity index (χ3v) is 4.21. The lowest BCUT2D eigenvalue weighted by molar-refractivity contribution is 0.112. The summed E-state index contributed by atoms with van der Waals surface area (Å²) in [5, 5.41) is 0. The van der Waals surface area contributed by atoms with E-state index in [4.69, 9.17) is 4.74 Å². The molecule has 0 saturated heterocycles. The molecule has 2 nitrogen and oxygen atoms in total. The summed E-state index contributed by atoms with van der Waals surface area (Å²) in [6.07, 6.45) is 4.87. The Labute approximate surface area is 130 Å². The highest BCUT2D eigenvalue weighted by Gasteiger charge is 2.13. The van der Waals surface area contributed by atoms with Crippen LogP contribution >= 0.6 is 11.8 Å². The van der Waals surface area contributed by atoms with Crippen LogP contribution in [0.15, 0.2) is 47.4 Å². The van der Waals surface area contributed by atoms with Gasteiger partial charge in [-0.15, -0.1) is 11.8 Å². The predicted octanol–water partition coefficient (Wildman–Crippen LogP) is 4.75. The van der Waals surface area contributed by atoms with Crippen molar-refractivity contribution in [1.29, 1.82) is 0 Å². The molecule has 0 saturated carbocycles. The second kappa shape index (κ2) is 7.89. The van der Waals surface area contributed by atoms with Gasteiger partial charge in [-0.2, -0.15) is 0 Å². The molecule has 0 amide bonds. The maximum Gasteiger partial charge on any atom is 0.151 e. The summed E-state index contributed by atoms with van der Waals surface area (Å²) >= 11 is 1.61. The van der Waals surface area contributed by atoms with Gasteiger partial charge in [0.05, 0.1) is 0 Å². The topological polar surface area (TPSA) is 26.3 Å². The molecule has 2 aromatic rings. The molecule has 0 aliphatic carbocycles. The lowest BCUT2D eigenvalue weighted by atomic mass is 10.1. The summed E-state index contributed by atoms with van der Waals surface area (Å²) in [6, 6.07) is 13.9. The Kier molecular flexibility index (Phi) is 5.88. The first-order chi connectivity index (χ1) is 10.3. The number of hydrogen-bond acceptors (Lipinski definition) is 3. The molecule has 0 atom stereocenters. The smallest absolute Gasteiger partial charge is 0.151 e. The van der Waals surface area contributed by atoms with E-state index in [0.29, 0.717) is 6.61 Å². The molecule has 21 heavy (non-hydrogen) atoms. The summed E-state index contributed by atoms with van der Waals surface area (Å²) in [7, 11) is 0. The van der Waals surface area contributed by atoms with E-state index < -0.39 is 0 Å². The van der Waals surface area contributed by atoms with Gasteiger partial charge in [-0.05, 0) is 30.4 Å². The number of hydrogen-bond donors (Lipinski definition) is 0. The van der Waals surface area contributed by atoms with Crippen LogP contribution in [0.3, 0.4) is 0 Å². The maximum absolute atomic E-state index is 11.2. The fourth-order valence-corrected chi connectivity index (χ4v) is 3.12. The van der Waals surface area contributed by atoms with Gasteiger partial charge in [-0.1, -0.05) is 43.7 Å². The lowest BCUT2D eigenvalue weighted by Gasteiger charge is -2.16. The van der Waals surface area contributed by atoms with E-state index in [2.05, 4.69) is 19.1 Å². The quantitative estimate of drug-likeness (QED) is 0.545. The molecular weight excluding hydrogens is 280 g/mol. The highest BCUT2D eigenvalue weighted by atomic mass is 32.2. The van der Waals surface area contributed by atoms with Gasteiger partial charge in [0, 0.05) is 16.0 Å². The molecule has 2 aromatic carbocycles. The second-order valence-corrected chi connectivity index (χ2v) is 5.62. The first-order valence-electron chi connectivity index (χ1n) is 7.12. The van der Waals surface area contributed by atoms with Gasteiger partial charge in [0.25, 0.3) is 0 Å². The van der Waals surface area contributed by atoms with Crippen molar-refractivity contribution in [3.05, 3.63) is 59.2 Å². The fraction of sp³-hybridized carbons (Fsp3) is 0.278. The minimum atomic E-state index is 0.547. The summed E-state index contributed by atoms with van der Waals surface area (Å²) < 4.78 is 5.99. The molecule has 0 fully saturated rings. The molecule has 0 bridgehead atoms. The van der Waals surface area contributed by atoms with Gasteiger partial charge < -0.3 is 4.74 Å². The fourth-order valence-electron chi connectivity index (χ4n) is 2.32. The molecule has 0 aliphatic rings. The van der Waals surface area contributed by atoms with Gasteiger partial charge in [0.2, 0.25) is 0 Å². The second-order valence-electron chi connectivity index (χ2n) is 4.81. The minimum absolute atomic E-state index is 0.547. The van der Waals surface area contributed by atoms with Crippen molar-refractivity contribution in [2.45, 2.75) is 31.3 Å². The van der Waals surface area contributed by atoms with Crippen molar-refractivity contribution < 1.29 is 9.53 Å². The molecule has 0 heterocycles. The molecule has 0 radical (unpaired) electrons. The normalized spacial score (nSPS) is 10.4. The Morgan fingerprint density at radius 3 is 2.52 bits per heavy atom. The van der Waals surface area contributed by atoms with Crippen molar-refractivity contribution in [2.75, 3.05) is 6.26 Å². The molecule has 0 aliphatic heterocycles. The largest absolute Gasteiger partial charge is 0.489 e. The molecule has 0 spiro atoms. The number of ether oxygens (including phenoxy) is 1. The number of carbonyl (C=O) groups is 1. The van der Waals surface area contributed by atoms with Gasteiger partial charge >= 0.3 is 0 Å². The minimum Gasteiger partial charge on any atom is -0.489 e. The molecular formula is C18H20O2S. The van der Waals surface area contributed by atoms with Crippen molar-refractivity contribution in [3.8, 4) is 5.75 Å². The first kappa shape index (κ1) is 15.6. The van der Waals surface area contributed by atoms with E-state index in [1.807, 2.05) is 36.6 Å². The van der Waals surface area contributed by atoms with E-state index in [1.165, 1.54) is 0 Å². The zero-order valence-electron chi connectivity index (χ0n) is 12.5. The highest BCUT2D eigenvalue weighted by molar-refractivity contribution is 7.98. The number of benzene rings is 2. The molecule has 3 heteroatoms. The van der Waals surface area contributed by atoms with Crippen LogP contribution in [0.4, 0.5) is 0 Å². The third-order valence-electron chi connectivity index (χ3n) is 3.32. The summed E-state index contributed by atoms with van der Waals surface area (Å²) in [5.74, 6) is 0.885. The Balaban J connectivity index is 2.27. The highest BCUT2D eigenvalue weighted by Crippen LogP contribution is 2.33. The van der Waals surface area contributed by atoms with Crippen LogP contribution in [0.1, 0.15) is 34.8 Å². The summed E-state index contributed by atoms with van der Waals surface area (Å²) in [4.78, 5) is 12.2. The Hall–Kier alpha value is -1.74. The summed E-state index contributed by atoms with van der Waals surface area (Å²) in [6.45, 7) is 2.68. The van der Waals surface area contributed by atoms with Crippen LogP contribution < -0.4 is 4.74 Å².